The number of benzene rings is 2. The highest BCUT2D eigenvalue weighted by atomic mass is 35.5. The van der Waals surface area contributed by atoms with Crippen LogP contribution in [-0.4, -0.2) is 18.6 Å². The van der Waals surface area contributed by atoms with E-state index in [0.29, 0.717) is 0 Å². The molecule has 4 rings (SSSR count). The average molecular weight is 327 g/mol. The first-order chi connectivity index (χ1) is 10.9. The summed E-state index contributed by atoms with van der Waals surface area (Å²) in [6.07, 6.45) is 2.96. The molecule has 1 aliphatic rings. The second kappa shape index (κ2) is 6.47. The van der Waals surface area contributed by atoms with Gasteiger partial charge >= 0.3 is 0 Å². The van der Waals surface area contributed by atoms with Crippen LogP contribution in [0.4, 0.5) is 5.69 Å². The summed E-state index contributed by atoms with van der Waals surface area (Å²) in [4.78, 5) is 6.94. The third kappa shape index (κ3) is 2.73. The van der Waals surface area contributed by atoms with Crippen LogP contribution in [-0.2, 0) is 13.0 Å². The Labute approximate surface area is 142 Å². The summed E-state index contributed by atoms with van der Waals surface area (Å²) in [6.45, 7) is 1.99. The summed E-state index contributed by atoms with van der Waals surface area (Å²) in [5, 5.41) is 1.15. The summed E-state index contributed by atoms with van der Waals surface area (Å²) < 4.78 is 5.45. The number of para-hydroxylation sites is 1. The van der Waals surface area contributed by atoms with Crippen LogP contribution in [0.5, 0.6) is 5.75 Å². The van der Waals surface area contributed by atoms with Gasteiger partial charge in [0.05, 0.1) is 7.11 Å². The number of halogens is 1. The monoisotopic (exact) mass is 326 g/mol. The van der Waals surface area contributed by atoms with Crippen LogP contribution in [0.25, 0.3) is 10.9 Å². The largest absolute Gasteiger partial charge is 0.494 e. The van der Waals surface area contributed by atoms with Crippen molar-refractivity contribution in [2.45, 2.75) is 13.0 Å². The molecule has 0 aliphatic carbocycles. The Hall–Kier alpha value is -2.26. The summed E-state index contributed by atoms with van der Waals surface area (Å²) in [6, 6.07) is 16.9. The van der Waals surface area contributed by atoms with Crippen LogP contribution in [0.15, 0.2) is 54.7 Å². The molecule has 1 aromatic heterocycles. The van der Waals surface area contributed by atoms with Crippen LogP contribution in [0, 0.1) is 0 Å². The van der Waals surface area contributed by atoms with Gasteiger partial charge in [-0.1, -0.05) is 36.4 Å². The van der Waals surface area contributed by atoms with Crippen LogP contribution in [0.1, 0.15) is 11.1 Å². The number of methoxy groups -OCH3 is 1. The number of rotatable bonds is 2. The number of pyridine rings is 1. The Balaban J connectivity index is 0.00000156. The third-order valence-corrected chi connectivity index (χ3v) is 4.40. The molecule has 118 valence electrons. The van der Waals surface area contributed by atoms with Crippen LogP contribution >= 0.6 is 12.4 Å². The molecule has 0 amide bonds. The van der Waals surface area contributed by atoms with Crippen LogP contribution in [0.3, 0.4) is 0 Å². The van der Waals surface area contributed by atoms with Crippen LogP contribution < -0.4 is 9.64 Å². The fourth-order valence-corrected chi connectivity index (χ4v) is 3.28. The third-order valence-electron chi connectivity index (χ3n) is 4.40. The Morgan fingerprint density at radius 1 is 1.00 bits per heavy atom. The van der Waals surface area contributed by atoms with Crippen molar-refractivity contribution in [2.24, 2.45) is 0 Å². The molecule has 3 aromatic rings. The molecule has 0 N–H and O–H groups in total. The predicted molar refractivity (Wildman–Crippen MR) is 96.7 cm³/mol. The fraction of sp³-hybridized carbons (Fsp3) is 0.211. The molecular formula is C19H19ClN2O. The lowest BCUT2D eigenvalue weighted by atomic mass is 9.99. The first-order valence-corrected chi connectivity index (χ1v) is 7.60. The zero-order valence-corrected chi connectivity index (χ0v) is 13.8. The van der Waals surface area contributed by atoms with Crippen molar-refractivity contribution in [3.63, 3.8) is 0 Å². The van der Waals surface area contributed by atoms with Crippen molar-refractivity contribution < 1.29 is 4.74 Å². The van der Waals surface area contributed by atoms with Crippen molar-refractivity contribution in [3.8, 4) is 5.75 Å². The molecule has 2 heterocycles. The quantitative estimate of drug-likeness (QED) is 0.704. The van der Waals surface area contributed by atoms with E-state index in [9.17, 15) is 0 Å². The molecule has 0 atom stereocenters. The Morgan fingerprint density at radius 2 is 1.83 bits per heavy atom. The van der Waals surface area contributed by atoms with Gasteiger partial charge in [-0.2, -0.15) is 0 Å². The van der Waals surface area contributed by atoms with Crippen molar-refractivity contribution in [3.05, 3.63) is 65.9 Å². The summed E-state index contributed by atoms with van der Waals surface area (Å²) in [7, 11) is 1.69. The maximum absolute atomic E-state index is 5.45. The number of anilines is 1. The van der Waals surface area contributed by atoms with Gasteiger partial charge < -0.3 is 9.64 Å². The SMILES string of the molecule is COc1cccc2c(N3CCc4ccccc4C3)ccnc12.Cl. The zero-order valence-electron chi connectivity index (χ0n) is 13.0. The number of hydrogen-bond donors (Lipinski definition) is 0. The van der Waals surface area contributed by atoms with Crippen molar-refractivity contribution in [1.29, 1.82) is 0 Å². The van der Waals surface area contributed by atoms with E-state index < -0.39 is 0 Å². The van der Waals surface area contributed by atoms with E-state index in [2.05, 4.69) is 46.3 Å². The van der Waals surface area contributed by atoms with E-state index in [1.807, 2.05) is 18.3 Å². The Kier molecular flexibility index (Phi) is 4.39. The Morgan fingerprint density at radius 3 is 2.65 bits per heavy atom. The zero-order chi connectivity index (χ0) is 14.9. The van der Waals surface area contributed by atoms with E-state index in [-0.39, 0.29) is 12.4 Å². The van der Waals surface area contributed by atoms with Gasteiger partial charge in [-0.3, -0.25) is 4.98 Å². The minimum absolute atomic E-state index is 0. The highest BCUT2D eigenvalue weighted by molar-refractivity contribution is 5.95. The summed E-state index contributed by atoms with van der Waals surface area (Å²) in [5.41, 5.74) is 5.05. The van der Waals surface area contributed by atoms with Gasteiger partial charge in [0.25, 0.3) is 0 Å². The molecule has 0 fully saturated rings. The van der Waals surface area contributed by atoms with Gasteiger partial charge in [0.15, 0.2) is 0 Å². The molecule has 0 saturated heterocycles. The van der Waals surface area contributed by atoms with Crippen molar-refractivity contribution >= 4 is 29.0 Å². The molecule has 4 heteroatoms. The van der Waals surface area contributed by atoms with Gasteiger partial charge in [0.2, 0.25) is 0 Å². The molecule has 0 radical (unpaired) electrons. The maximum atomic E-state index is 5.45. The molecule has 0 spiro atoms. The molecule has 0 saturated carbocycles. The summed E-state index contributed by atoms with van der Waals surface area (Å²) >= 11 is 0. The Bertz CT molecular complexity index is 834. The van der Waals surface area contributed by atoms with Gasteiger partial charge in [0, 0.05) is 30.4 Å². The molecule has 0 unspecified atom stereocenters. The van der Waals surface area contributed by atoms with Gasteiger partial charge in [-0.05, 0) is 29.7 Å². The number of aromatic nitrogens is 1. The smallest absolute Gasteiger partial charge is 0.145 e. The first-order valence-electron chi connectivity index (χ1n) is 7.60. The normalized spacial score (nSPS) is 13.3. The number of nitrogens with zero attached hydrogens (tertiary/aromatic N) is 2. The maximum Gasteiger partial charge on any atom is 0.145 e. The number of hydrogen-bond acceptors (Lipinski definition) is 3. The minimum Gasteiger partial charge on any atom is -0.494 e. The standard InChI is InChI=1S/C19H18N2O.ClH/c1-22-18-8-4-7-16-17(9-11-20-19(16)18)21-12-10-14-5-2-3-6-15(14)13-21;/h2-9,11H,10,12-13H2,1H3;1H. The first kappa shape index (κ1) is 15.6. The van der Waals surface area contributed by atoms with E-state index in [1.165, 1.54) is 16.8 Å². The second-order valence-electron chi connectivity index (χ2n) is 5.63. The van der Waals surface area contributed by atoms with E-state index >= 15 is 0 Å². The van der Waals surface area contributed by atoms with Gasteiger partial charge in [0.1, 0.15) is 11.3 Å². The molecule has 1 aliphatic heterocycles. The van der Waals surface area contributed by atoms with Gasteiger partial charge in [-0.25, -0.2) is 0 Å². The number of fused-ring (bicyclic) bond motifs is 2. The predicted octanol–water partition coefficient (Wildman–Crippen LogP) is 4.23. The van der Waals surface area contributed by atoms with Crippen molar-refractivity contribution in [2.75, 3.05) is 18.6 Å². The van der Waals surface area contributed by atoms with Crippen molar-refractivity contribution in [1.82, 2.24) is 4.98 Å². The van der Waals surface area contributed by atoms with E-state index in [1.54, 1.807) is 7.11 Å². The lowest BCUT2D eigenvalue weighted by Gasteiger charge is -2.31. The summed E-state index contributed by atoms with van der Waals surface area (Å²) in [5.74, 6) is 0.830. The van der Waals surface area contributed by atoms with E-state index in [4.69, 9.17) is 4.74 Å². The molecule has 0 bridgehead atoms. The fourth-order valence-electron chi connectivity index (χ4n) is 3.28. The van der Waals surface area contributed by atoms with Crippen LogP contribution in [0.2, 0.25) is 0 Å². The average Bonchev–Trinajstić information content (AvgIpc) is 2.60. The lowest BCUT2D eigenvalue weighted by Crippen LogP contribution is -2.30. The topological polar surface area (TPSA) is 25.4 Å². The second-order valence-corrected chi connectivity index (χ2v) is 5.63. The van der Waals surface area contributed by atoms with Gasteiger partial charge in [-0.15, -0.1) is 12.4 Å². The highest BCUT2D eigenvalue weighted by Crippen LogP contribution is 2.33. The lowest BCUT2D eigenvalue weighted by molar-refractivity contribution is 0.419. The molecular weight excluding hydrogens is 308 g/mol. The molecule has 3 nitrogen and oxygen atoms in total. The van der Waals surface area contributed by atoms with E-state index in [0.717, 1.165) is 36.2 Å². The molecule has 23 heavy (non-hydrogen) atoms. The highest BCUT2D eigenvalue weighted by Gasteiger charge is 2.18. The molecule has 2 aromatic carbocycles. The number of ether oxygens (including phenoxy) is 1. The minimum atomic E-state index is 0.